The van der Waals surface area contributed by atoms with E-state index in [1.54, 1.807) is 12.1 Å². The molecule has 0 aliphatic heterocycles. The predicted molar refractivity (Wildman–Crippen MR) is 123 cm³/mol. The average molecular weight is 514 g/mol. The van der Waals surface area contributed by atoms with Gasteiger partial charge < -0.3 is 42.7 Å². The summed E-state index contributed by atoms with van der Waals surface area (Å²) >= 11 is 3.99. The van der Waals surface area contributed by atoms with E-state index in [0.717, 1.165) is 0 Å². The van der Waals surface area contributed by atoms with E-state index >= 15 is 0 Å². The van der Waals surface area contributed by atoms with Crippen molar-refractivity contribution in [3.05, 3.63) is 29.8 Å². The van der Waals surface area contributed by atoms with Crippen LogP contribution in [-0.2, 0) is 35.2 Å². The van der Waals surface area contributed by atoms with Crippen LogP contribution in [0, 0.1) is 0 Å². The second-order valence-electron chi connectivity index (χ2n) is 7.45. The smallest absolute Gasteiger partial charge is 0.326 e. The van der Waals surface area contributed by atoms with Crippen LogP contribution in [0.4, 0.5) is 0 Å². The summed E-state index contributed by atoms with van der Waals surface area (Å²) in [4.78, 5) is 70.9. The molecule has 0 bridgehead atoms. The first-order valence-corrected chi connectivity index (χ1v) is 10.8. The first-order valence-electron chi connectivity index (χ1n) is 10.1. The first kappa shape index (κ1) is 29.2. The third-order valence-electron chi connectivity index (χ3n) is 4.58. The van der Waals surface area contributed by atoms with Crippen molar-refractivity contribution >= 4 is 48.2 Å². The lowest BCUT2D eigenvalue weighted by Gasteiger charge is -2.23. The van der Waals surface area contributed by atoms with E-state index in [1.807, 2.05) is 5.32 Å². The van der Waals surface area contributed by atoms with Crippen molar-refractivity contribution in [3.8, 4) is 5.75 Å². The summed E-state index contributed by atoms with van der Waals surface area (Å²) in [6.45, 7) is 0. The molecule has 0 spiro atoms. The van der Waals surface area contributed by atoms with E-state index in [9.17, 15) is 33.9 Å². The number of hydrogen-bond acceptors (Lipinski definition) is 9. The maximum absolute atomic E-state index is 12.6. The number of carbonyl (C=O) groups excluding carboxylic acids is 4. The molecule has 14 nitrogen and oxygen atoms in total. The fraction of sp³-hybridized carbons (Fsp3) is 0.400. The highest BCUT2D eigenvalue weighted by Crippen LogP contribution is 2.11. The summed E-state index contributed by atoms with van der Waals surface area (Å²) in [5.41, 5.74) is 11.6. The molecular formula is C20H27N5O9S. The monoisotopic (exact) mass is 513 g/mol. The highest BCUT2D eigenvalue weighted by Gasteiger charge is 2.31. The highest BCUT2D eigenvalue weighted by molar-refractivity contribution is 7.80. The Morgan fingerprint density at radius 1 is 0.829 bits per heavy atom. The molecule has 10 N–H and O–H groups in total. The van der Waals surface area contributed by atoms with E-state index in [-0.39, 0.29) is 17.9 Å². The van der Waals surface area contributed by atoms with Crippen LogP contribution in [0.1, 0.15) is 18.4 Å². The minimum Gasteiger partial charge on any atom is -0.508 e. The SMILES string of the molecule is NC(=O)CC(NC(=O)C(CS)NC(=O)C(N)Cc1ccc(O)cc1)C(=O)NC(CC(=O)O)C(=O)O. The van der Waals surface area contributed by atoms with Crippen molar-refractivity contribution in [3.63, 3.8) is 0 Å². The van der Waals surface area contributed by atoms with Gasteiger partial charge in [-0.3, -0.25) is 24.0 Å². The minimum absolute atomic E-state index is 0.0331. The molecule has 0 fully saturated rings. The van der Waals surface area contributed by atoms with Gasteiger partial charge in [0.2, 0.25) is 23.6 Å². The third kappa shape index (κ3) is 10.3. The van der Waals surface area contributed by atoms with Crippen molar-refractivity contribution in [2.45, 2.75) is 43.4 Å². The second kappa shape index (κ2) is 13.8. The van der Waals surface area contributed by atoms with Gasteiger partial charge >= 0.3 is 11.9 Å². The normalized spacial score (nSPS) is 14.0. The zero-order valence-corrected chi connectivity index (χ0v) is 19.2. The topological polar surface area (TPSA) is 251 Å². The largest absolute Gasteiger partial charge is 0.508 e. The molecule has 0 saturated carbocycles. The highest BCUT2D eigenvalue weighted by atomic mass is 32.1. The van der Waals surface area contributed by atoms with Crippen LogP contribution in [0.3, 0.4) is 0 Å². The van der Waals surface area contributed by atoms with E-state index in [4.69, 9.17) is 21.7 Å². The van der Waals surface area contributed by atoms with Gasteiger partial charge in [-0.05, 0) is 24.1 Å². The van der Waals surface area contributed by atoms with Crippen LogP contribution in [0.5, 0.6) is 5.75 Å². The number of amides is 4. The molecule has 4 amide bonds. The lowest BCUT2D eigenvalue weighted by atomic mass is 10.1. The fourth-order valence-electron chi connectivity index (χ4n) is 2.78. The van der Waals surface area contributed by atoms with E-state index in [2.05, 4.69) is 23.3 Å². The molecule has 192 valence electrons. The molecular weight excluding hydrogens is 486 g/mol. The molecule has 0 radical (unpaired) electrons. The van der Waals surface area contributed by atoms with Gasteiger partial charge in [0.15, 0.2) is 0 Å². The van der Waals surface area contributed by atoms with Gasteiger partial charge in [-0.1, -0.05) is 12.1 Å². The Morgan fingerprint density at radius 2 is 1.34 bits per heavy atom. The number of aromatic hydroxyl groups is 1. The number of nitrogens with two attached hydrogens (primary N) is 2. The van der Waals surface area contributed by atoms with Crippen LogP contribution in [0.15, 0.2) is 24.3 Å². The lowest BCUT2D eigenvalue weighted by molar-refractivity contribution is -0.147. The van der Waals surface area contributed by atoms with Crippen LogP contribution < -0.4 is 27.4 Å². The predicted octanol–water partition coefficient (Wildman–Crippen LogP) is -2.92. The molecule has 0 aromatic heterocycles. The molecule has 4 unspecified atom stereocenters. The van der Waals surface area contributed by atoms with Gasteiger partial charge in [0.1, 0.15) is 23.9 Å². The van der Waals surface area contributed by atoms with Crippen molar-refractivity contribution < 1.29 is 44.1 Å². The number of aliphatic carboxylic acids is 2. The molecule has 0 heterocycles. The number of hydrogen-bond donors (Lipinski definition) is 9. The molecule has 0 aliphatic rings. The van der Waals surface area contributed by atoms with Crippen LogP contribution >= 0.6 is 12.6 Å². The van der Waals surface area contributed by atoms with Crippen LogP contribution in [0.25, 0.3) is 0 Å². The summed E-state index contributed by atoms with van der Waals surface area (Å²) in [6.07, 6.45) is -1.60. The number of phenols is 1. The van der Waals surface area contributed by atoms with Gasteiger partial charge in [0, 0.05) is 5.75 Å². The Bertz CT molecular complexity index is 957. The molecule has 35 heavy (non-hydrogen) atoms. The quantitative estimate of drug-likeness (QED) is 0.115. The average Bonchev–Trinajstić information content (AvgIpc) is 2.76. The molecule has 1 rings (SSSR count). The second-order valence-corrected chi connectivity index (χ2v) is 7.81. The number of carboxylic acid groups (broad SMARTS) is 2. The zero-order valence-electron chi connectivity index (χ0n) is 18.3. The molecule has 4 atom stereocenters. The number of carboxylic acids is 2. The summed E-state index contributed by atoms with van der Waals surface area (Å²) in [7, 11) is 0. The Labute approximate surface area is 204 Å². The van der Waals surface area contributed by atoms with Crippen molar-refractivity contribution in [1.82, 2.24) is 16.0 Å². The zero-order chi connectivity index (χ0) is 26.7. The van der Waals surface area contributed by atoms with Gasteiger partial charge in [-0.15, -0.1) is 0 Å². The van der Waals surface area contributed by atoms with Crippen LogP contribution in [-0.4, -0.2) is 80.8 Å². The third-order valence-corrected chi connectivity index (χ3v) is 4.94. The molecule has 0 aliphatic carbocycles. The minimum atomic E-state index is -1.83. The van der Waals surface area contributed by atoms with Crippen molar-refractivity contribution in [2.75, 3.05) is 5.75 Å². The van der Waals surface area contributed by atoms with Gasteiger partial charge in [-0.25, -0.2) is 4.79 Å². The maximum Gasteiger partial charge on any atom is 0.326 e. The number of primary amides is 1. The van der Waals surface area contributed by atoms with Gasteiger partial charge in [0.25, 0.3) is 0 Å². The van der Waals surface area contributed by atoms with Crippen LogP contribution in [0.2, 0.25) is 0 Å². The number of nitrogens with one attached hydrogen (secondary N) is 3. The number of benzene rings is 1. The Morgan fingerprint density at radius 3 is 1.83 bits per heavy atom. The lowest BCUT2D eigenvalue weighted by Crippen LogP contribution is -2.58. The molecule has 1 aromatic carbocycles. The van der Waals surface area contributed by atoms with E-state index in [1.165, 1.54) is 12.1 Å². The molecule has 0 saturated heterocycles. The summed E-state index contributed by atoms with van der Waals surface area (Å²) in [5.74, 6) is -7.21. The Balaban J connectivity index is 2.85. The summed E-state index contributed by atoms with van der Waals surface area (Å²) in [5, 5.41) is 33.6. The first-order chi connectivity index (χ1) is 16.3. The summed E-state index contributed by atoms with van der Waals surface area (Å²) in [6, 6.07) is 0.102. The Kier molecular flexibility index (Phi) is 11.5. The standard InChI is InChI=1S/C20H27N5O9S/c21-11(5-9-1-3-10(26)4-2-9)17(30)25-14(8-35)19(32)23-12(6-15(22)27)18(31)24-13(20(33)34)7-16(28)29/h1-4,11-14,26,35H,5-8,21H2,(H2,22,27)(H,23,32)(H,24,31)(H,25,30)(H,28,29)(H,33,34). The number of carbonyl (C=O) groups is 6. The fourth-order valence-corrected chi connectivity index (χ4v) is 3.04. The summed E-state index contributed by atoms with van der Waals surface area (Å²) < 4.78 is 0. The van der Waals surface area contributed by atoms with Gasteiger partial charge in [0.05, 0.1) is 18.9 Å². The maximum atomic E-state index is 12.6. The molecule has 1 aromatic rings. The Hall–Kier alpha value is -3.85. The number of rotatable bonds is 14. The van der Waals surface area contributed by atoms with Crippen molar-refractivity contribution in [2.24, 2.45) is 11.5 Å². The van der Waals surface area contributed by atoms with Gasteiger partial charge in [-0.2, -0.15) is 12.6 Å². The molecule has 15 heteroatoms. The number of phenolic OH excluding ortho intramolecular Hbond substituents is 1. The van der Waals surface area contributed by atoms with E-state index in [0.29, 0.717) is 5.56 Å². The van der Waals surface area contributed by atoms with E-state index < -0.39 is 72.6 Å². The van der Waals surface area contributed by atoms with Crippen molar-refractivity contribution in [1.29, 1.82) is 0 Å². The number of thiol groups is 1.